The lowest BCUT2D eigenvalue weighted by Crippen LogP contribution is -2.05. The maximum atomic E-state index is 10.8. The summed E-state index contributed by atoms with van der Waals surface area (Å²) in [5, 5.41) is 0. The molecule has 0 aromatic rings. The summed E-state index contributed by atoms with van der Waals surface area (Å²) >= 11 is 0. The van der Waals surface area contributed by atoms with E-state index in [2.05, 4.69) is 9.98 Å². The van der Waals surface area contributed by atoms with Crippen LogP contribution in [0.1, 0.15) is 47.0 Å². The van der Waals surface area contributed by atoms with Gasteiger partial charge in [-0.05, 0) is 27.7 Å². The SMILES string of the molecule is CC(=O)CC(C)N=CCC=NC(C)CC(C)=O. The molecule has 96 valence electrons. The quantitative estimate of drug-likeness (QED) is 0.609. The number of ketones is 2. The van der Waals surface area contributed by atoms with Crippen molar-refractivity contribution in [1.29, 1.82) is 0 Å². The summed E-state index contributed by atoms with van der Waals surface area (Å²) in [5.74, 6) is 0.303. The fourth-order valence-corrected chi connectivity index (χ4v) is 1.47. The van der Waals surface area contributed by atoms with Gasteiger partial charge in [-0.1, -0.05) is 0 Å². The molecule has 0 aromatic carbocycles. The van der Waals surface area contributed by atoms with Gasteiger partial charge in [-0.25, -0.2) is 0 Å². The molecule has 0 rings (SSSR count). The minimum atomic E-state index is 0.0375. The molecule has 0 bridgehead atoms. The summed E-state index contributed by atoms with van der Waals surface area (Å²) in [4.78, 5) is 30.0. The van der Waals surface area contributed by atoms with Crippen molar-refractivity contribution in [1.82, 2.24) is 0 Å². The van der Waals surface area contributed by atoms with Crippen molar-refractivity contribution in [2.75, 3.05) is 0 Å². The zero-order valence-electron chi connectivity index (χ0n) is 11.1. The molecule has 0 N–H and O–H groups in total. The monoisotopic (exact) mass is 238 g/mol. The van der Waals surface area contributed by atoms with Gasteiger partial charge in [0, 0.05) is 31.7 Å². The fraction of sp³-hybridized carbons (Fsp3) is 0.692. The van der Waals surface area contributed by atoms with Crippen molar-refractivity contribution in [3.05, 3.63) is 0 Å². The van der Waals surface area contributed by atoms with Crippen molar-refractivity contribution in [3.63, 3.8) is 0 Å². The fourth-order valence-electron chi connectivity index (χ4n) is 1.47. The van der Waals surface area contributed by atoms with Crippen molar-refractivity contribution >= 4 is 24.0 Å². The normalized spacial score (nSPS) is 15.3. The van der Waals surface area contributed by atoms with Crippen LogP contribution in [0.15, 0.2) is 9.98 Å². The maximum Gasteiger partial charge on any atom is 0.131 e. The minimum Gasteiger partial charge on any atom is -0.300 e. The van der Waals surface area contributed by atoms with E-state index in [-0.39, 0.29) is 23.7 Å². The van der Waals surface area contributed by atoms with Crippen LogP contribution in [0.2, 0.25) is 0 Å². The third kappa shape index (κ3) is 11.0. The number of nitrogens with zero attached hydrogens (tertiary/aromatic N) is 2. The van der Waals surface area contributed by atoms with Crippen LogP contribution in [-0.4, -0.2) is 36.1 Å². The van der Waals surface area contributed by atoms with Crippen molar-refractivity contribution in [2.24, 2.45) is 9.98 Å². The number of hydrogen-bond donors (Lipinski definition) is 0. The van der Waals surface area contributed by atoms with Gasteiger partial charge in [0.2, 0.25) is 0 Å². The van der Waals surface area contributed by atoms with Gasteiger partial charge in [-0.2, -0.15) is 0 Å². The van der Waals surface area contributed by atoms with Crippen LogP contribution in [0.4, 0.5) is 0 Å². The first-order chi connectivity index (χ1) is 7.91. The summed E-state index contributed by atoms with van der Waals surface area (Å²) in [6, 6.07) is 0.0751. The van der Waals surface area contributed by atoms with E-state index in [9.17, 15) is 9.59 Å². The first-order valence-corrected chi connectivity index (χ1v) is 5.94. The predicted molar refractivity (Wildman–Crippen MR) is 71.1 cm³/mol. The minimum absolute atomic E-state index is 0.0375. The highest BCUT2D eigenvalue weighted by Gasteiger charge is 2.01. The highest BCUT2D eigenvalue weighted by Crippen LogP contribution is 1.98. The van der Waals surface area contributed by atoms with Gasteiger partial charge in [-0.15, -0.1) is 0 Å². The predicted octanol–water partition coefficient (Wildman–Crippen LogP) is 2.25. The topological polar surface area (TPSA) is 58.9 Å². The molecule has 2 atom stereocenters. The van der Waals surface area contributed by atoms with Crippen molar-refractivity contribution in [2.45, 2.75) is 59.0 Å². The second-order valence-electron chi connectivity index (χ2n) is 4.41. The third-order valence-corrected chi connectivity index (χ3v) is 2.10. The highest BCUT2D eigenvalue weighted by atomic mass is 16.1. The second-order valence-corrected chi connectivity index (χ2v) is 4.41. The third-order valence-electron chi connectivity index (χ3n) is 2.10. The van der Waals surface area contributed by atoms with Gasteiger partial charge in [0.15, 0.2) is 0 Å². The van der Waals surface area contributed by atoms with E-state index in [4.69, 9.17) is 0 Å². The number of rotatable bonds is 8. The van der Waals surface area contributed by atoms with Gasteiger partial charge in [0.1, 0.15) is 11.6 Å². The Labute approximate surface area is 103 Å². The van der Waals surface area contributed by atoms with Crippen LogP contribution in [0.25, 0.3) is 0 Å². The Bertz CT molecular complexity index is 279. The summed E-state index contributed by atoms with van der Waals surface area (Å²) in [6.07, 6.45) is 5.13. The molecule has 4 heteroatoms. The Balaban J connectivity index is 3.82. The molecule has 17 heavy (non-hydrogen) atoms. The lowest BCUT2D eigenvalue weighted by Gasteiger charge is -2.02. The molecule has 0 spiro atoms. The summed E-state index contributed by atoms with van der Waals surface area (Å²) < 4.78 is 0. The van der Waals surface area contributed by atoms with Gasteiger partial charge in [-0.3, -0.25) is 19.6 Å². The van der Waals surface area contributed by atoms with E-state index in [1.807, 2.05) is 13.8 Å². The molecule has 0 heterocycles. The molecular weight excluding hydrogens is 216 g/mol. The summed E-state index contributed by atoms with van der Waals surface area (Å²) in [7, 11) is 0. The maximum absolute atomic E-state index is 10.8. The first kappa shape index (κ1) is 15.7. The van der Waals surface area contributed by atoms with Crippen LogP contribution >= 0.6 is 0 Å². The van der Waals surface area contributed by atoms with Crippen LogP contribution in [0.5, 0.6) is 0 Å². The zero-order valence-corrected chi connectivity index (χ0v) is 11.1. The highest BCUT2D eigenvalue weighted by molar-refractivity contribution is 5.81. The average molecular weight is 238 g/mol. The Morgan fingerprint density at radius 2 is 1.29 bits per heavy atom. The van der Waals surface area contributed by atoms with E-state index < -0.39 is 0 Å². The molecule has 0 aliphatic heterocycles. The van der Waals surface area contributed by atoms with Crippen LogP contribution in [0.3, 0.4) is 0 Å². The van der Waals surface area contributed by atoms with E-state index in [0.29, 0.717) is 19.3 Å². The van der Waals surface area contributed by atoms with Crippen LogP contribution in [-0.2, 0) is 9.59 Å². The molecule has 0 aromatic heterocycles. The Hall–Kier alpha value is -1.32. The van der Waals surface area contributed by atoms with Crippen LogP contribution < -0.4 is 0 Å². The number of hydrogen-bond acceptors (Lipinski definition) is 4. The molecule has 0 amide bonds. The van der Waals surface area contributed by atoms with E-state index >= 15 is 0 Å². The number of Topliss-reactive ketones (excluding diaryl/α,β-unsaturated/α-hetero) is 2. The standard InChI is InChI=1S/C13H22N2O2/c1-10(8-12(3)16)14-6-5-7-15-11(2)9-13(4)17/h6-7,10-11H,5,8-9H2,1-4H3. The zero-order chi connectivity index (χ0) is 13.3. The smallest absolute Gasteiger partial charge is 0.131 e. The first-order valence-electron chi connectivity index (χ1n) is 5.94. The van der Waals surface area contributed by atoms with Crippen molar-refractivity contribution < 1.29 is 9.59 Å². The van der Waals surface area contributed by atoms with Gasteiger partial charge in [0.05, 0.1) is 12.1 Å². The Morgan fingerprint density at radius 3 is 1.59 bits per heavy atom. The Kier molecular flexibility index (Phi) is 8.11. The molecule has 0 radical (unpaired) electrons. The van der Waals surface area contributed by atoms with Gasteiger partial charge >= 0.3 is 0 Å². The molecule has 4 nitrogen and oxygen atoms in total. The lowest BCUT2D eigenvalue weighted by atomic mass is 10.2. The van der Waals surface area contributed by atoms with Crippen LogP contribution in [0, 0.1) is 0 Å². The molecule has 0 fully saturated rings. The number of carbonyl (C=O) groups is 2. The van der Waals surface area contributed by atoms with E-state index in [1.54, 1.807) is 26.3 Å². The number of carbonyl (C=O) groups excluding carboxylic acids is 2. The number of aliphatic imine (C=N–C) groups is 2. The molecule has 0 saturated carbocycles. The van der Waals surface area contributed by atoms with Gasteiger partial charge < -0.3 is 0 Å². The lowest BCUT2D eigenvalue weighted by molar-refractivity contribution is -0.118. The summed E-state index contributed by atoms with van der Waals surface area (Å²) in [5.41, 5.74) is 0. The Morgan fingerprint density at radius 1 is 0.941 bits per heavy atom. The van der Waals surface area contributed by atoms with Gasteiger partial charge in [0.25, 0.3) is 0 Å². The molecular formula is C13H22N2O2. The molecule has 0 aliphatic rings. The van der Waals surface area contributed by atoms with Crippen molar-refractivity contribution in [3.8, 4) is 0 Å². The average Bonchev–Trinajstić information content (AvgIpc) is 2.14. The molecule has 0 aliphatic carbocycles. The summed E-state index contributed by atoms with van der Waals surface area (Å²) in [6.45, 7) is 6.95. The second kappa shape index (κ2) is 8.79. The largest absolute Gasteiger partial charge is 0.300 e. The molecule has 2 unspecified atom stereocenters. The van der Waals surface area contributed by atoms with E-state index in [1.165, 1.54) is 0 Å². The van der Waals surface area contributed by atoms with E-state index in [0.717, 1.165) is 0 Å². The molecule has 0 saturated heterocycles.